The molecule has 0 bridgehead atoms. The van der Waals surface area contributed by atoms with Crippen molar-refractivity contribution >= 4 is 28.6 Å². The zero-order valence-corrected chi connectivity index (χ0v) is 15.1. The smallest absolute Gasteiger partial charge is 0.271 e. The molecule has 3 N–H and O–H groups in total. The Morgan fingerprint density at radius 2 is 1.59 bits per heavy atom. The summed E-state index contributed by atoms with van der Waals surface area (Å²) in [6, 6.07) is 14.3. The van der Waals surface area contributed by atoms with Gasteiger partial charge in [0.2, 0.25) is 5.91 Å². The summed E-state index contributed by atoms with van der Waals surface area (Å²) in [5.41, 5.74) is 7.57. The summed E-state index contributed by atoms with van der Waals surface area (Å²) in [7, 11) is 1.86. The molecule has 3 aromatic rings. The number of amides is 3. The van der Waals surface area contributed by atoms with E-state index in [9.17, 15) is 14.4 Å². The second kappa shape index (κ2) is 7.74. The molecular formula is C20H20N4O3. The van der Waals surface area contributed by atoms with E-state index in [-0.39, 0.29) is 11.8 Å². The summed E-state index contributed by atoms with van der Waals surface area (Å²) in [6.45, 7) is 1.84. The lowest BCUT2D eigenvalue weighted by molar-refractivity contribution is -0.119. The zero-order chi connectivity index (χ0) is 19.4. The first-order chi connectivity index (χ1) is 13.0. The number of hydrogen-bond acceptors (Lipinski definition) is 3. The van der Waals surface area contributed by atoms with Gasteiger partial charge in [0.25, 0.3) is 11.8 Å². The fourth-order valence-corrected chi connectivity index (χ4v) is 2.78. The maximum absolute atomic E-state index is 12.4. The van der Waals surface area contributed by atoms with Crippen molar-refractivity contribution in [3.05, 3.63) is 71.4 Å². The molecule has 2 aromatic carbocycles. The molecule has 138 valence electrons. The summed E-state index contributed by atoms with van der Waals surface area (Å²) in [5, 5.41) is 3.50. The highest BCUT2D eigenvalue weighted by atomic mass is 16.2. The van der Waals surface area contributed by atoms with Gasteiger partial charge in [0.1, 0.15) is 0 Å². The molecule has 1 heterocycles. The van der Waals surface area contributed by atoms with Crippen LogP contribution in [0.25, 0.3) is 10.9 Å². The average Bonchev–Trinajstić information content (AvgIpc) is 3.02. The van der Waals surface area contributed by atoms with E-state index in [0.29, 0.717) is 17.7 Å². The first kappa shape index (κ1) is 18.2. The monoisotopic (exact) mass is 364 g/mol. The lowest BCUT2D eigenvalue weighted by Gasteiger charge is -2.08. The fraction of sp³-hybridized carbons (Fsp3) is 0.150. The molecule has 0 aliphatic rings. The molecule has 0 atom stereocenters. The van der Waals surface area contributed by atoms with Gasteiger partial charge in [-0.25, -0.2) is 0 Å². The van der Waals surface area contributed by atoms with Gasteiger partial charge < -0.3 is 9.88 Å². The van der Waals surface area contributed by atoms with Crippen LogP contribution >= 0.6 is 0 Å². The third-order valence-corrected chi connectivity index (χ3v) is 4.19. The van der Waals surface area contributed by atoms with Crippen LogP contribution in [-0.2, 0) is 18.4 Å². The maximum Gasteiger partial charge on any atom is 0.271 e. The lowest BCUT2D eigenvalue weighted by Crippen LogP contribution is -2.41. The van der Waals surface area contributed by atoms with Crippen molar-refractivity contribution < 1.29 is 14.4 Å². The Labute approximate surface area is 156 Å². The number of nitrogens with zero attached hydrogens (tertiary/aromatic N) is 1. The van der Waals surface area contributed by atoms with Gasteiger partial charge in [-0.05, 0) is 23.8 Å². The molecule has 27 heavy (non-hydrogen) atoms. The van der Waals surface area contributed by atoms with Crippen molar-refractivity contribution in [3.8, 4) is 0 Å². The number of aromatic nitrogens is 1. The van der Waals surface area contributed by atoms with E-state index in [1.807, 2.05) is 35.9 Å². The molecule has 1 aromatic heterocycles. The van der Waals surface area contributed by atoms with Gasteiger partial charge in [-0.1, -0.05) is 30.3 Å². The number of rotatable bonds is 4. The standard InChI is InChI=1S/C20H20N4O3/c1-13(25)21-11-14-7-9-15(10-8-14)19(26)22-23-20(27)17-12-24(2)18-6-4-3-5-16(17)18/h3-10,12H,11H2,1-2H3,(H,21,25)(H,22,26)(H,23,27). The second-order valence-electron chi connectivity index (χ2n) is 6.19. The van der Waals surface area contributed by atoms with Crippen LogP contribution in [0, 0.1) is 0 Å². The lowest BCUT2D eigenvalue weighted by atomic mass is 10.1. The van der Waals surface area contributed by atoms with Crippen molar-refractivity contribution in [1.29, 1.82) is 0 Å². The van der Waals surface area contributed by atoms with Crippen molar-refractivity contribution in [2.45, 2.75) is 13.5 Å². The van der Waals surface area contributed by atoms with Gasteiger partial charge in [0.15, 0.2) is 0 Å². The number of benzene rings is 2. The van der Waals surface area contributed by atoms with Crippen LogP contribution in [0.3, 0.4) is 0 Å². The number of hydrazine groups is 1. The van der Waals surface area contributed by atoms with Crippen LogP contribution in [0.2, 0.25) is 0 Å². The Bertz CT molecular complexity index is 1010. The third-order valence-electron chi connectivity index (χ3n) is 4.19. The third kappa shape index (κ3) is 4.14. The molecule has 3 rings (SSSR count). The minimum absolute atomic E-state index is 0.118. The zero-order valence-electron chi connectivity index (χ0n) is 15.1. The largest absolute Gasteiger partial charge is 0.352 e. The van der Waals surface area contributed by atoms with Crippen LogP contribution in [0.4, 0.5) is 0 Å². The molecule has 3 amide bonds. The molecule has 0 saturated heterocycles. The topological polar surface area (TPSA) is 92.2 Å². The van der Waals surface area contributed by atoms with Crippen LogP contribution in [0.1, 0.15) is 33.2 Å². The van der Waals surface area contributed by atoms with E-state index in [1.165, 1.54) is 6.92 Å². The van der Waals surface area contributed by atoms with Gasteiger partial charge in [0.05, 0.1) is 5.56 Å². The molecule has 0 radical (unpaired) electrons. The van der Waals surface area contributed by atoms with E-state index in [0.717, 1.165) is 16.5 Å². The van der Waals surface area contributed by atoms with Crippen molar-refractivity contribution in [1.82, 2.24) is 20.7 Å². The predicted octanol–water partition coefficient (Wildman–Crippen LogP) is 1.89. The van der Waals surface area contributed by atoms with Crippen LogP contribution in [0.15, 0.2) is 54.7 Å². The van der Waals surface area contributed by atoms with Gasteiger partial charge in [-0.15, -0.1) is 0 Å². The van der Waals surface area contributed by atoms with Crippen molar-refractivity contribution in [2.24, 2.45) is 7.05 Å². The molecular weight excluding hydrogens is 344 g/mol. The van der Waals surface area contributed by atoms with Gasteiger partial charge in [-0.2, -0.15) is 0 Å². The first-order valence-corrected chi connectivity index (χ1v) is 8.44. The second-order valence-corrected chi connectivity index (χ2v) is 6.19. The summed E-state index contributed by atoms with van der Waals surface area (Å²) < 4.78 is 1.86. The highest BCUT2D eigenvalue weighted by Gasteiger charge is 2.14. The highest BCUT2D eigenvalue weighted by Crippen LogP contribution is 2.19. The number of nitrogens with one attached hydrogen (secondary N) is 3. The van der Waals surface area contributed by atoms with Gasteiger partial charge in [0, 0.05) is 43.2 Å². The molecule has 7 nitrogen and oxygen atoms in total. The average molecular weight is 364 g/mol. The van der Waals surface area contributed by atoms with E-state index >= 15 is 0 Å². The summed E-state index contributed by atoms with van der Waals surface area (Å²) in [4.78, 5) is 35.6. The van der Waals surface area contributed by atoms with E-state index in [4.69, 9.17) is 0 Å². The Kier molecular flexibility index (Phi) is 5.21. The quantitative estimate of drug-likeness (QED) is 0.617. The summed E-state index contributed by atoms with van der Waals surface area (Å²) in [6.07, 6.45) is 1.73. The minimum Gasteiger partial charge on any atom is -0.352 e. The van der Waals surface area contributed by atoms with Crippen molar-refractivity contribution in [2.75, 3.05) is 0 Å². The Morgan fingerprint density at radius 1 is 0.926 bits per heavy atom. The molecule has 0 fully saturated rings. The van der Waals surface area contributed by atoms with Gasteiger partial charge >= 0.3 is 0 Å². The minimum atomic E-state index is -0.422. The Balaban J connectivity index is 1.63. The normalized spacial score (nSPS) is 10.4. The Hall–Kier alpha value is -3.61. The first-order valence-electron chi connectivity index (χ1n) is 8.44. The van der Waals surface area contributed by atoms with Crippen LogP contribution in [0.5, 0.6) is 0 Å². The van der Waals surface area contributed by atoms with E-state index in [1.54, 1.807) is 30.5 Å². The van der Waals surface area contributed by atoms with Crippen molar-refractivity contribution in [3.63, 3.8) is 0 Å². The molecule has 7 heteroatoms. The number of fused-ring (bicyclic) bond motifs is 1. The van der Waals surface area contributed by atoms with E-state index < -0.39 is 5.91 Å². The van der Waals surface area contributed by atoms with Gasteiger partial charge in [-0.3, -0.25) is 25.2 Å². The highest BCUT2D eigenvalue weighted by molar-refractivity contribution is 6.07. The fourth-order valence-electron chi connectivity index (χ4n) is 2.78. The number of para-hydroxylation sites is 1. The van der Waals surface area contributed by atoms with E-state index in [2.05, 4.69) is 16.2 Å². The SMILES string of the molecule is CC(=O)NCc1ccc(C(=O)NNC(=O)c2cn(C)c3ccccc23)cc1. The summed E-state index contributed by atoms with van der Waals surface area (Å²) >= 11 is 0. The number of carbonyl (C=O) groups is 3. The van der Waals surface area contributed by atoms with Crippen LogP contribution < -0.4 is 16.2 Å². The molecule has 0 spiro atoms. The number of carbonyl (C=O) groups excluding carboxylic acids is 3. The number of hydrogen-bond donors (Lipinski definition) is 3. The number of aryl methyl sites for hydroxylation is 1. The molecule has 0 saturated carbocycles. The summed E-state index contributed by atoms with van der Waals surface area (Å²) in [5.74, 6) is -0.926. The molecule has 0 unspecified atom stereocenters. The molecule has 0 aliphatic carbocycles. The maximum atomic E-state index is 12.4. The predicted molar refractivity (Wildman–Crippen MR) is 102 cm³/mol. The molecule has 0 aliphatic heterocycles. The van der Waals surface area contributed by atoms with Crippen LogP contribution in [-0.4, -0.2) is 22.3 Å². The Morgan fingerprint density at radius 3 is 2.30 bits per heavy atom.